The molecule has 1 unspecified atom stereocenters. The van der Waals surface area contributed by atoms with Crippen molar-refractivity contribution >= 4 is 11.9 Å². The molecule has 0 amide bonds. The summed E-state index contributed by atoms with van der Waals surface area (Å²) in [4.78, 5) is 25.4. The van der Waals surface area contributed by atoms with Crippen LogP contribution in [0.5, 0.6) is 0 Å². The Bertz CT molecular complexity index is 749. The number of carbonyl (C=O) groups is 2. The summed E-state index contributed by atoms with van der Waals surface area (Å²) >= 11 is 0. The minimum atomic E-state index is -1.20. The van der Waals surface area contributed by atoms with Crippen molar-refractivity contribution in [2.24, 2.45) is 28.6 Å². The summed E-state index contributed by atoms with van der Waals surface area (Å²) in [7, 11) is 0. The molecule has 6 aliphatic rings. The van der Waals surface area contributed by atoms with Gasteiger partial charge in [-0.15, -0.1) is 0 Å². The van der Waals surface area contributed by atoms with Gasteiger partial charge in [-0.2, -0.15) is 0 Å². The predicted molar refractivity (Wildman–Crippen MR) is 102 cm³/mol. The second-order valence-electron chi connectivity index (χ2n) is 10.3. The van der Waals surface area contributed by atoms with Crippen LogP contribution in [0.4, 0.5) is 0 Å². The molecule has 2 saturated carbocycles. The van der Waals surface area contributed by atoms with Gasteiger partial charge in [0.25, 0.3) is 0 Å². The first kappa shape index (κ1) is 20.7. The largest absolute Gasteiger partial charge is 0.462 e. The van der Waals surface area contributed by atoms with E-state index in [0.717, 1.165) is 19.3 Å². The number of hydrogen-bond donors (Lipinski definition) is 2. The maximum atomic E-state index is 13.4. The molecule has 8 nitrogen and oxygen atoms in total. The molecule has 0 aromatic carbocycles. The van der Waals surface area contributed by atoms with Gasteiger partial charge in [-0.05, 0) is 42.9 Å². The minimum absolute atomic E-state index is 0.0483. The average Bonchev–Trinajstić information content (AvgIpc) is 3.32. The Morgan fingerprint density at radius 1 is 1.33 bits per heavy atom. The summed E-state index contributed by atoms with van der Waals surface area (Å²) in [5, 5.41) is 21.5. The Labute approximate surface area is 176 Å². The molecule has 2 spiro atoms. The summed E-state index contributed by atoms with van der Waals surface area (Å²) in [6.07, 6.45) is 0.558. The fourth-order valence-electron chi connectivity index (χ4n) is 7.24. The van der Waals surface area contributed by atoms with E-state index < -0.39 is 46.9 Å². The molecule has 4 saturated heterocycles. The van der Waals surface area contributed by atoms with Gasteiger partial charge in [-0.25, -0.2) is 0 Å². The van der Waals surface area contributed by atoms with E-state index >= 15 is 0 Å². The van der Waals surface area contributed by atoms with Crippen LogP contribution in [0.1, 0.15) is 52.9 Å². The quantitative estimate of drug-likeness (QED) is 0.510. The molecule has 168 valence electrons. The van der Waals surface area contributed by atoms with Crippen molar-refractivity contribution in [1.82, 2.24) is 0 Å². The van der Waals surface area contributed by atoms with E-state index in [-0.39, 0.29) is 23.9 Å². The first-order chi connectivity index (χ1) is 14.2. The van der Waals surface area contributed by atoms with Gasteiger partial charge >= 0.3 is 11.9 Å². The molecule has 30 heavy (non-hydrogen) atoms. The first-order valence-corrected chi connectivity index (χ1v) is 11.2. The van der Waals surface area contributed by atoms with Crippen LogP contribution in [0.3, 0.4) is 0 Å². The molecule has 0 aromatic rings. The van der Waals surface area contributed by atoms with Gasteiger partial charge < -0.3 is 29.2 Å². The Kier molecular flexibility index (Phi) is 4.57. The highest BCUT2D eigenvalue weighted by atomic mass is 16.6. The Balaban J connectivity index is 1.56. The molecule has 0 aromatic heterocycles. The van der Waals surface area contributed by atoms with Crippen molar-refractivity contribution < 1.29 is 38.7 Å². The zero-order valence-corrected chi connectivity index (χ0v) is 17.8. The van der Waals surface area contributed by atoms with Gasteiger partial charge in [0.2, 0.25) is 0 Å². The molecular weight excluding hydrogens is 392 g/mol. The summed E-state index contributed by atoms with van der Waals surface area (Å²) in [6, 6.07) is 0. The molecule has 2 N–H and O–H groups in total. The maximum absolute atomic E-state index is 13.4. The van der Waals surface area contributed by atoms with Gasteiger partial charge in [-0.1, -0.05) is 13.8 Å². The van der Waals surface area contributed by atoms with Crippen molar-refractivity contribution in [1.29, 1.82) is 0 Å². The summed E-state index contributed by atoms with van der Waals surface area (Å²) in [5.41, 5.74) is -2.33. The Morgan fingerprint density at radius 2 is 2.07 bits per heavy atom. The van der Waals surface area contributed by atoms with Gasteiger partial charge in [0.05, 0.1) is 19.3 Å². The monoisotopic (exact) mass is 424 g/mol. The molecule has 8 heteroatoms. The van der Waals surface area contributed by atoms with Crippen molar-refractivity contribution in [3.63, 3.8) is 0 Å². The van der Waals surface area contributed by atoms with Crippen molar-refractivity contribution in [3.05, 3.63) is 0 Å². The van der Waals surface area contributed by atoms with Gasteiger partial charge in [-0.3, -0.25) is 9.59 Å². The van der Waals surface area contributed by atoms with Gasteiger partial charge in [0, 0.05) is 19.3 Å². The average molecular weight is 424 g/mol. The van der Waals surface area contributed by atoms with Gasteiger partial charge in [0.1, 0.15) is 23.2 Å². The number of hydrogen-bond acceptors (Lipinski definition) is 8. The van der Waals surface area contributed by atoms with Gasteiger partial charge in [0.15, 0.2) is 6.29 Å². The molecule has 10 atom stereocenters. The highest BCUT2D eigenvalue weighted by molar-refractivity contribution is 5.84. The van der Waals surface area contributed by atoms with Crippen LogP contribution in [0.25, 0.3) is 0 Å². The fourth-order valence-corrected chi connectivity index (χ4v) is 7.24. The third-order valence-electron chi connectivity index (χ3n) is 9.10. The normalized spacial score (nSPS) is 54.0. The van der Waals surface area contributed by atoms with Crippen LogP contribution in [0.2, 0.25) is 0 Å². The number of epoxide rings is 1. The summed E-state index contributed by atoms with van der Waals surface area (Å²) in [5.74, 6) is -1.23. The predicted octanol–water partition coefficient (Wildman–Crippen LogP) is 1.16. The SMILES string of the molecule is CC(=O)O[C@H]1[C@@H](O)[C@@H](C)[C@](C)(CC[C@H]2CCOC2O)[C@H]2C[C@@H]3C[C@]4(CO4)[C@@]21C(=O)O3. The number of aliphatic hydroxyl groups excluding tert-OH is 2. The number of carbonyl (C=O) groups excluding carboxylic acids is 2. The van der Waals surface area contributed by atoms with E-state index in [4.69, 9.17) is 18.9 Å². The van der Waals surface area contributed by atoms with Crippen LogP contribution in [-0.2, 0) is 28.5 Å². The number of fused-ring (bicyclic) bond motifs is 1. The molecule has 4 aliphatic heterocycles. The molecule has 2 bridgehead atoms. The molecule has 6 fully saturated rings. The van der Waals surface area contributed by atoms with Crippen molar-refractivity contribution in [2.45, 2.75) is 83.1 Å². The van der Waals surface area contributed by atoms with E-state index in [1.165, 1.54) is 6.92 Å². The van der Waals surface area contributed by atoms with E-state index in [9.17, 15) is 19.8 Å². The highest BCUT2D eigenvalue weighted by Gasteiger charge is 2.84. The van der Waals surface area contributed by atoms with Crippen LogP contribution in [0, 0.1) is 28.6 Å². The number of ether oxygens (including phenoxy) is 4. The maximum Gasteiger partial charge on any atom is 0.319 e. The second kappa shape index (κ2) is 6.64. The van der Waals surface area contributed by atoms with E-state index in [1.807, 2.05) is 6.92 Å². The van der Waals surface area contributed by atoms with Crippen LogP contribution >= 0.6 is 0 Å². The van der Waals surface area contributed by atoms with Crippen molar-refractivity contribution in [2.75, 3.05) is 13.2 Å². The van der Waals surface area contributed by atoms with E-state index in [2.05, 4.69) is 6.92 Å². The molecule has 6 rings (SSSR count). The molecule has 4 heterocycles. The third kappa shape index (κ3) is 2.54. The summed E-state index contributed by atoms with van der Waals surface area (Å²) in [6.45, 7) is 6.37. The number of aliphatic hydroxyl groups is 2. The molecule has 0 radical (unpaired) electrons. The van der Waals surface area contributed by atoms with Crippen LogP contribution in [-0.4, -0.2) is 65.6 Å². The number of rotatable bonds is 4. The van der Waals surface area contributed by atoms with Crippen molar-refractivity contribution in [3.8, 4) is 0 Å². The van der Waals surface area contributed by atoms with Crippen LogP contribution in [0.15, 0.2) is 0 Å². The van der Waals surface area contributed by atoms with E-state index in [1.54, 1.807) is 0 Å². The zero-order chi connectivity index (χ0) is 21.5. The first-order valence-electron chi connectivity index (χ1n) is 11.2. The highest BCUT2D eigenvalue weighted by Crippen LogP contribution is 2.72. The zero-order valence-electron chi connectivity index (χ0n) is 17.8. The molecule has 2 aliphatic carbocycles. The number of esters is 2. The topological polar surface area (TPSA) is 115 Å². The lowest BCUT2D eigenvalue weighted by molar-refractivity contribution is -0.288. The lowest BCUT2D eigenvalue weighted by Gasteiger charge is -2.66. The lowest BCUT2D eigenvalue weighted by Crippen LogP contribution is -2.77. The smallest absolute Gasteiger partial charge is 0.319 e. The van der Waals surface area contributed by atoms with Crippen LogP contribution < -0.4 is 0 Å². The third-order valence-corrected chi connectivity index (χ3v) is 9.10. The Hall–Kier alpha value is -1.22. The van der Waals surface area contributed by atoms with E-state index in [0.29, 0.717) is 26.1 Å². The standard InChI is InChI=1S/C22H32O8/c1-11-16(24)17(29-12(2)23)22-15(8-14(30-19(22)26)9-21(22)10-28-21)20(11,3)6-4-13-5-7-27-18(13)25/h11,13-18,24-25H,4-10H2,1-3H3/t11-,13+,14-,15-,16+,17+,18?,20+,21+,22+/m1/s1. The minimum Gasteiger partial charge on any atom is -0.462 e. The lowest BCUT2D eigenvalue weighted by atomic mass is 9.40. The summed E-state index contributed by atoms with van der Waals surface area (Å²) < 4.78 is 22.6. The second-order valence-corrected chi connectivity index (χ2v) is 10.3. The fraction of sp³-hybridized carbons (Fsp3) is 0.909. The Morgan fingerprint density at radius 3 is 2.67 bits per heavy atom. The molecular formula is C22H32O8.